The Bertz CT molecular complexity index is 351. The minimum Gasteiger partial charge on any atom is -0.495 e. The van der Waals surface area contributed by atoms with Gasteiger partial charge in [-0.05, 0) is 6.07 Å². The van der Waals surface area contributed by atoms with E-state index in [4.69, 9.17) is 27.2 Å². The first-order valence-corrected chi connectivity index (χ1v) is 3.80. The summed E-state index contributed by atoms with van der Waals surface area (Å²) in [6, 6.07) is 2.75. The topological polar surface area (TPSA) is 72.5 Å². The van der Waals surface area contributed by atoms with Crippen molar-refractivity contribution in [1.29, 1.82) is 0 Å². The Kier molecular flexibility index (Phi) is 2.63. The molecule has 0 unspecified atom stereocenters. The summed E-state index contributed by atoms with van der Waals surface area (Å²) in [5.41, 5.74) is 5.69. The maximum absolute atomic E-state index is 10.6. The van der Waals surface area contributed by atoms with E-state index in [1.807, 2.05) is 0 Å². The van der Waals surface area contributed by atoms with E-state index >= 15 is 0 Å². The van der Waals surface area contributed by atoms with Gasteiger partial charge in [0.25, 0.3) is 0 Å². The number of halogens is 1. The number of nitrogen functional groups attached to an aromatic ring is 1. The average molecular weight is 202 g/mol. The molecule has 4 nitrogen and oxygen atoms in total. The Hall–Kier alpha value is -1.42. The molecule has 0 heterocycles. The van der Waals surface area contributed by atoms with E-state index in [0.717, 1.165) is 0 Å². The molecule has 0 atom stereocenters. The second kappa shape index (κ2) is 3.53. The Morgan fingerprint density at radius 1 is 1.62 bits per heavy atom. The smallest absolute Gasteiger partial charge is 0.337 e. The van der Waals surface area contributed by atoms with Crippen molar-refractivity contribution < 1.29 is 14.6 Å². The molecular weight excluding hydrogens is 194 g/mol. The van der Waals surface area contributed by atoms with Crippen molar-refractivity contribution in [1.82, 2.24) is 0 Å². The molecule has 13 heavy (non-hydrogen) atoms. The van der Waals surface area contributed by atoms with Crippen LogP contribution < -0.4 is 10.5 Å². The quantitative estimate of drug-likeness (QED) is 0.714. The van der Waals surface area contributed by atoms with E-state index in [1.54, 1.807) is 0 Å². The number of anilines is 1. The standard InChI is InChI=1S/C8H8ClNO3/c1-13-6-3-4(10)2-5(7(6)9)8(11)12/h2-3H,10H2,1H3,(H,11,12). The summed E-state index contributed by atoms with van der Waals surface area (Å²) in [6.45, 7) is 0. The van der Waals surface area contributed by atoms with Crippen LogP contribution in [0.25, 0.3) is 0 Å². The second-order valence-electron chi connectivity index (χ2n) is 2.39. The SMILES string of the molecule is COc1cc(N)cc(C(=O)O)c1Cl. The summed E-state index contributed by atoms with van der Waals surface area (Å²) in [6.07, 6.45) is 0. The molecule has 0 aromatic heterocycles. The summed E-state index contributed by atoms with van der Waals surface area (Å²) in [5.74, 6) is -0.866. The number of nitrogens with two attached hydrogens (primary N) is 1. The molecule has 0 amide bonds. The van der Waals surface area contributed by atoms with Gasteiger partial charge in [-0.1, -0.05) is 11.6 Å². The van der Waals surface area contributed by atoms with Crippen molar-refractivity contribution in [3.05, 3.63) is 22.7 Å². The van der Waals surface area contributed by atoms with Gasteiger partial charge in [0, 0.05) is 11.8 Å². The Labute approximate surface area is 79.9 Å². The molecule has 0 saturated heterocycles. The fourth-order valence-corrected chi connectivity index (χ4v) is 1.19. The van der Waals surface area contributed by atoms with Gasteiger partial charge in [0.2, 0.25) is 0 Å². The van der Waals surface area contributed by atoms with E-state index in [9.17, 15) is 4.79 Å². The number of carboxylic acid groups (broad SMARTS) is 1. The zero-order valence-electron chi connectivity index (χ0n) is 6.87. The van der Waals surface area contributed by atoms with E-state index in [2.05, 4.69) is 0 Å². The van der Waals surface area contributed by atoms with Crippen LogP contribution in [0.15, 0.2) is 12.1 Å². The molecule has 3 N–H and O–H groups in total. The predicted molar refractivity (Wildman–Crippen MR) is 49.4 cm³/mol. The third-order valence-electron chi connectivity index (χ3n) is 1.51. The van der Waals surface area contributed by atoms with Gasteiger partial charge in [0.1, 0.15) is 5.75 Å². The monoisotopic (exact) mass is 201 g/mol. The molecular formula is C8H8ClNO3. The average Bonchev–Trinajstić information content (AvgIpc) is 2.08. The van der Waals surface area contributed by atoms with Gasteiger partial charge in [-0.15, -0.1) is 0 Å². The zero-order valence-corrected chi connectivity index (χ0v) is 7.63. The maximum atomic E-state index is 10.6. The van der Waals surface area contributed by atoms with E-state index < -0.39 is 5.97 Å². The highest BCUT2D eigenvalue weighted by atomic mass is 35.5. The summed E-state index contributed by atoms with van der Waals surface area (Å²) in [7, 11) is 1.40. The van der Waals surface area contributed by atoms with E-state index in [0.29, 0.717) is 5.69 Å². The normalized spacial score (nSPS) is 9.69. The lowest BCUT2D eigenvalue weighted by Gasteiger charge is -2.06. The zero-order chi connectivity index (χ0) is 10.0. The van der Waals surface area contributed by atoms with Gasteiger partial charge < -0.3 is 15.6 Å². The molecule has 1 aromatic rings. The van der Waals surface area contributed by atoms with Crippen LogP contribution in [0.4, 0.5) is 5.69 Å². The first-order valence-electron chi connectivity index (χ1n) is 3.42. The van der Waals surface area contributed by atoms with Crippen molar-refractivity contribution in [2.45, 2.75) is 0 Å². The van der Waals surface area contributed by atoms with Crippen LogP contribution in [0.2, 0.25) is 5.02 Å². The van der Waals surface area contributed by atoms with E-state index in [1.165, 1.54) is 19.2 Å². The second-order valence-corrected chi connectivity index (χ2v) is 2.77. The highest BCUT2D eigenvalue weighted by Crippen LogP contribution is 2.30. The molecule has 1 aromatic carbocycles. The van der Waals surface area contributed by atoms with Crippen molar-refractivity contribution in [3.63, 3.8) is 0 Å². The predicted octanol–water partition coefficient (Wildman–Crippen LogP) is 1.63. The molecule has 0 radical (unpaired) electrons. The van der Waals surface area contributed by atoms with Gasteiger partial charge in [-0.3, -0.25) is 0 Å². The number of carbonyl (C=O) groups is 1. The molecule has 1 rings (SSSR count). The van der Waals surface area contributed by atoms with Crippen LogP contribution in [0, 0.1) is 0 Å². The largest absolute Gasteiger partial charge is 0.495 e. The Morgan fingerprint density at radius 2 is 2.23 bits per heavy atom. The molecule has 0 saturated carbocycles. The number of methoxy groups -OCH3 is 1. The number of hydrogen-bond donors (Lipinski definition) is 2. The number of hydrogen-bond acceptors (Lipinski definition) is 3. The first-order chi connectivity index (χ1) is 6.06. The number of aromatic carboxylic acids is 1. The molecule has 0 aliphatic heterocycles. The summed E-state index contributed by atoms with van der Waals surface area (Å²) in [4.78, 5) is 10.6. The summed E-state index contributed by atoms with van der Waals surface area (Å²) < 4.78 is 4.84. The molecule has 0 aliphatic rings. The fourth-order valence-electron chi connectivity index (χ4n) is 0.923. The van der Waals surface area contributed by atoms with Gasteiger partial charge in [-0.2, -0.15) is 0 Å². The van der Waals surface area contributed by atoms with Crippen molar-refractivity contribution in [2.24, 2.45) is 0 Å². The van der Waals surface area contributed by atoms with Crippen LogP contribution in [-0.4, -0.2) is 18.2 Å². The third kappa shape index (κ3) is 1.84. The molecule has 0 aliphatic carbocycles. The van der Waals surface area contributed by atoms with Crippen LogP contribution in [-0.2, 0) is 0 Å². The van der Waals surface area contributed by atoms with Crippen LogP contribution in [0.5, 0.6) is 5.75 Å². The molecule has 0 fully saturated rings. The summed E-state index contributed by atoms with van der Waals surface area (Å²) >= 11 is 5.71. The first kappa shape index (κ1) is 9.67. The van der Waals surface area contributed by atoms with Crippen molar-refractivity contribution in [2.75, 3.05) is 12.8 Å². The molecule has 0 bridgehead atoms. The van der Waals surface area contributed by atoms with Crippen molar-refractivity contribution >= 4 is 23.3 Å². The lowest BCUT2D eigenvalue weighted by Crippen LogP contribution is -2.01. The highest BCUT2D eigenvalue weighted by Gasteiger charge is 2.13. The lowest BCUT2D eigenvalue weighted by atomic mass is 10.2. The van der Waals surface area contributed by atoms with Crippen LogP contribution in [0.1, 0.15) is 10.4 Å². The third-order valence-corrected chi connectivity index (χ3v) is 1.90. The van der Waals surface area contributed by atoms with Gasteiger partial charge in [-0.25, -0.2) is 4.79 Å². The van der Waals surface area contributed by atoms with E-state index in [-0.39, 0.29) is 16.3 Å². The molecule has 5 heteroatoms. The number of rotatable bonds is 2. The minimum absolute atomic E-state index is 0.0569. The van der Waals surface area contributed by atoms with Gasteiger partial charge in [0.15, 0.2) is 0 Å². The highest BCUT2D eigenvalue weighted by molar-refractivity contribution is 6.35. The van der Waals surface area contributed by atoms with Gasteiger partial charge >= 0.3 is 5.97 Å². The Balaban J connectivity index is 3.35. The van der Waals surface area contributed by atoms with Crippen LogP contribution in [0.3, 0.4) is 0 Å². The maximum Gasteiger partial charge on any atom is 0.337 e. The fraction of sp³-hybridized carbons (Fsp3) is 0.125. The summed E-state index contributed by atoms with van der Waals surface area (Å²) in [5, 5.41) is 8.77. The molecule has 0 spiro atoms. The number of ether oxygens (including phenoxy) is 1. The lowest BCUT2D eigenvalue weighted by molar-refractivity contribution is 0.0696. The van der Waals surface area contributed by atoms with Gasteiger partial charge in [0.05, 0.1) is 17.7 Å². The molecule has 70 valence electrons. The van der Waals surface area contributed by atoms with Crippen molar-refractivity contribution in [3.8, 4) is 5.75 Å². The Morgan fingerprint density at radius 3 is 2.69 bits per heavy atom. The number of carboxylic acids is 1. The number of benzene rings is 1. The minimum atomic E-state index is -1.13. The van der Waals surface area contributed by atoms with Crippen LogP contribution >= 0.6 is 11.6 Å².